The van der Waals surface area contributed by atoms with Crippen LogP contribution in [0.4, 0.5) is 13.2 Å². The first-order valence-corrected chi connectivity index (χ1v) is 11.8. The molecule has 0 heterocycles. The zero-order valence-corrected chi connectivity index (χ0v) is 18.7. The Morgan fingerprint density at radius 1 is 0.781 bits per heavy atom. The zero-order valence-electron chi connectivity index (χ0n) is 18.7. The van der Waals surface area contributed by atoms with E-state index < -0.39 is 17.5 Å². The normalized spacial score (nSPS) is 19.6. The van der Waals surface area contributed by atoms with E-state index in [0.29, 0.717) is 29.7 Å². The summed E-state index contributed by atoms with van der Waals surface area (Å²) >= 11 is 0. The van der Waals surface area contributed by atoms with Gasteiger partial charge in [0.1, 0.15) is 0 Å². The molecular formula is C29H31F3. The molecule has 1 fully saturated rings. The molecule has 0 bridgehead atoms. The lowest BCUT2D eigenvalue weighted by atomic mass is 9.76. The Kier molecular flexibility index (Phi) is 7.34. The van der Waals surface area contributed by atoms with Crippen LogP contribution in [0.1, 0.15) is 73.1 Å². The van der Waals surface area contributed by atoms with Gasteiger partial charge in [-0.3, -0.25) is 0 Å². The van der Waals surface area contributed by atoms with E-state index in [1.54, 1.807) is 0 Å². The van der Waals surface area contributed by atoms with Gasteiger partial charge in [0.25, 0.3) is 0 Å². The number of hydrogen-bond donors (Lipinski definition) is 0. The molecule has 0 amide bonds. The first kappa shape index (κ1) is 22.6. The van der Waals surface area contributed by atoms with Gasteiger partial charge in [-0.1, -0.05) is 61.5 Å². The molecule has 0 nitrogen and oxygen atoms in total. The largest absolute Gasteiger partial charge is 0.204 e. The van der Waals surface area contributed by atoms with Gasteiger partial charge in [-0.05, 0) is 97.1 Å². The van der Waals surface area contributed by atoms with Crippen molar-refractivity contribution in [1.29, 1.82) is 0 Å². The predicted octanol–water partition coefficient (Wildman–Crippen LogP) is 8.36. The average Bonchev–Trinajstić information content (AvgIpc) is 2.82. The van der Waals surface area contributed by atoms with Gasteiger partial charge in [0.15, 0.2) is 17.5 Å². The van der Waals surface area contributed by atoms with Crippen molar-refractivity contribution in [2.75, 3.05) is 0 Å². The molecule has 3 heteroatoms. The maximum absolute atomic E-state index is 13.4. The van der Waals surface area contributed by atoms with Crippen molar-refractivity contribution < 1.29 is 13.2 Å². The molecule has 4 rings (SSSR count). The molecule has 1 aliphatic rings. The standard InChI is InChI=1S/C29H31F3/c1-20(24-5-3-2-4-6-24)17-22-11-15-26(16-12-22)25-13-9-21(10-14-25)7-8-23-18-27(30)29(32)28(31)19-23/h2-6,11-12,15-16,18-21,25H,7-10,13-14,17H2,1H3. The first-order valence-electron chi connectivity index (χ1n) is 11.8. The lowest BCUT2D eigenvalue weighted by Gasteiger charge is -2.29. The van der Waals surface area contributed by atoms with Crippen molar-refractivity contribution >= 4 is 0 Å². The Balaban J connectivity index is 1.26. The van der Waals surface area contributed by atoms with Gasteiger partial charge in [0, 0.05) is 0 Å². The second-order valence-electron chi connectivity index (χ2n) is 9.39. The molecule has 0 N–H and O–H groups in total. The summed E-state index contributed by atoms with van der Waals surface area (Å²) in [6, 6.07) is 22.0. The quantitative estimate of drug-likeness (QED) is 0.326. The highest BCUT2D eigenvalue weighted by Crippen LogP contribution is 2.38. The van der Waals surface area contributed by atoms with Gasteiger partial charge in [-0.2, -0.15) is 0 Å². The van der Waals surface area contributed by atoms with E-state index in [2.05, 4.69) is 61.5 Å². The van der Waals surface area contributed by atoms with Crippen LogP contribution in [0.25, 0.3) is 0 Å². The Morgan fingerprint density at radius 2 is 1.41 bits per heavy atom. The third kappa shape index (κ3) is 5.62. The smallest absolute Gasteiger partial charge is 0.194 e. The molecule has 3 aromatic carbocycles. The van der Waals surface area contributed by atoms with Crippen molar-refractivity contribution in [3.8, 4) is 0 Å². The van der Waals surface area contributed by atoms with E-state index in [1.807, 2.05) is 0 Å². The summed E-state index contributed by atoms with van der Waals surface area (Å²) in [7, 11) is 0. The Hall–Kier alpha value is -2.55. The molecule has 0 aliphatic heterocycles. The van der Waals surface area contributed by atoms with Gasteiger partial charge in [0.05, 0.1) is 0 Å². The van der Waals surface area contributed by atoms with Gasteiger partial charge < -0.3 is 0 Å². The average molecular weight is 437 g/mol. The molecule has 1 unspecified atom stereocenters. The molecule has 0 saturated heterocycles. The van der Waals surface area contributed by atoms with Crippen LogP contribution in [0.3, 0.4) is 0 Å². The van der Waals surface area contributed by atoms with E-state index >= 15 is 0 Å². The van der Waals surface area contributed by atoms with Crippen molar-refractivity contribution in [1.82, 2.24) is 0 Å². The van der Waals surface area contributed by atoms with Crippen LogP contribution < -0.4 is 0 Å². The van der Waals surface area contributed by atoms with Crippen LogP contribution in [0.5, 0.6) is 0 Å². The van der Waals surface area contributed by atoms with Crippen molar-refractivity contribution in [3.63, 3.8) is 0 Å². The Bertz CT molecular complexity index is 979. The fourth-order valence-corrected chi connectivity index (χ4v) is 5.09. The van der Waals surface area contributed by atoms with Crippen LogP contribution in [-0.4, -0.2) is 0 Å². The van der Waals surface area contributed by atoms with E-state index in [1.165, 1.54) is 16.7 Å². The van der Waals surface area contributed by atoms with Crippen LogP contribution in [0.2, 0.25) is 0 Å². The number of benzene rings is 3. The van der Waals surface area contributed by atoms with Gasteiger partial charge in [-0.15, -0.1) is 0 Å². The minimum Gasteiger partial charge on any atom is -0.204 e. The molecule has 0 radical (unpaired) electrons. The first-order chi connectivity index (χ1) is 15.5. The lowest BCUT2D eigenvalue weighted by Crippen LogP contribution is -2.14. The minimum absolute atomic E-state index is 0.501. The van der Waals surface area contributed by atoms with Crippen LogP contribution >= 0.6 is 0 Å². The van der Waals surface area contributed by atoms with E-state index in [-0.39, 0.29) is 0 Å². The molecule has 1 aliphatic carbocycles. The Labute approximate surface area is 189 Å². The summed E-state index contributed by atoms with van der Waals surface area (Å²) in [6.45, 7) is 2.28. The molecule has 1 atom stereocenters. The third-order valence-corrected chi connectivity index (χ3v) is 7.09. The summed E-state index contributed by atoms with van der Waals surface area (Å²) in [5.74, 6) is -1.91. The molecule has 3 aromatic rings. The lowest BCUT2D eigenvalue weighted by molar-refractivity contribution is 0.310. The SMILES string of the molecule is CC(Cc1ccc(C2CCC(CCc3cc(F)c(F)c(F)c3)CC2)cc1)c1ccccc1. The summed E-state index contributed by atoms with van der Waals surface area (Å²) in [4.78, 5) is 0. The fraction of sp³-hybridized carbons (Fsp3) is 0.379. The number of rotatable bonds is 7. The molecule has 1 saturated carbocycles. The molecule has 0 aromatic heterocycles. The van der Waals surface area contributed by atoms with Crippen LogP contribution in [0, 0.1) is 23.4 Å². The highest BCUT2D eigenvalue weighted by Gasteiger charge is 2.22. The number of halogens is 3. The van der Waals surface area contributed by atoms with Crippen molar-refractivity contribution in [3.05, 3.63) is 106 Å². The third-order valence-electron chi connectivity index (χ3n) is 7.09. The molecule has 0 spiro atoms. The van der Waals surface area contributed by atoms with E-state index in [0.717, 1.165) is 50.7 Å². The fourth-order valence-electron chi connectivity index (χ4n) is 5.09. The highest BCUT2D eigenvalue weighted by molar-refractivity contribution is 5.28. The van der Waals surface area contributed by atoms with Crippen molar-refractivity contribution in [2.45, 2.75) is 63.7 Å². The van der Waals surface area contributed by atoms with Gasteiger partial charge >= 0.3 is 0 Å². The highest BCUT2D eigenvalue weighted by atomic mass is 19.2. The summed E-state index contributed by atoms with van der Waals surface area (Å²) in [5, 5.41) is 0. The van der Waals surface area contributed by atoms with E-state index in [4.69, 9.17) is 0 Å². The summed E-state index contributed by atoms with van der Waals surface area (Å²) in [5.41, 5.74) is 4.71. The van der Waals surface area contributed by atoms with Crippen LogP contribution in [0.15, 0.2) is 66.7 Å². The van der Waals surface area contributed by atoms with Crippen molar-refractivity contribution in [2.24, 2.45) is 5.92 Å². The summed E-state index contributed by atoms with van der Waals surface area (Å²) < 4.78 is 40.0. The second-order valence-corrected chi connectivity index (χ2v) is 9.39. The maximum Gasteiger partial charge on any atom is 0.194 e. The maximum atomic E-state index is 13.4. The monoisotopic (exact) mass is 436 g/mol. The predicted molar refractivity (Wildman–Crippen MR) is 124 cm³/mol. The minimum atomic E-state index is -1.38. The molecule has 32 heavy (non-hydrogen) atoms. The van der Waals surface area contributed by atoms with Crippen LogP contribution in [-0.2, 0) is 12.8 Å². The number of hydrogen-bond acceptors (Lipinski definition) is 0. The van der Waals surface area contributed by atoms with E-state index in [9.17, 15) is 13.2 Å². The molecular weight excluding hydrogens is 405 g/mol. The number of aryl methyl sites for hydroxylation is 1. The van der Waals surface area contributed by atoms with Gasteiger partial charge in [0.2, 0.25) is 0 Å². The zero-order chi connectivity index (χ0) is 22.5. The van der Waals surface area contributed by atoms with Gasteiger partial charge in [-0.25, -0.2) is 13.2 Å². The topological polar surface area (TPSA) is 0 Å². The Morgan fingerprint density at radius 3 is 2.03 bits per heavy atom. The molecule has 168 valence electrons. The summed E-state index contributed by atoms with van der Waals surface area (Å²) in [6.07, 6.45) is 7.09. The second kappa shape index (κ2) is 10.4.